The molecule has 0 amide bonds. The molecule has 0 spiro atoms. The molecule has 0 fully saturated rings. The van der Waals surface area contributed by atoms with Gasteiger partial charge in [-0.3, -0.25) is 14.7 Å². The van der Waals surface area contributed by atoms with E-state index >= 15 is 0 Å². The van der Waals surface area contributed by atoms with Crippen molar-refractivity contribution < 1.29 is 14.8 Å². The van der Waals surface area contributed by atoms with Crippen LogP contribution in [0.25, 0.3) is 5.69 Å². The lowest BCUT2D eigenvalue weighted by molar-refractivity contribution is -0.384. The van der Waals surface area contributed by atoms with E-state index in [9.17, 15) is 14.9 Å². The Morgan fingerprint density at radius 3 is 2.76 bits per heavy atom. The fourth-order valence-corrected chi connectivity index (χ4v) is 1.47. The fraction of sp³-hybridized carbons (Fsp3) is 0. The van der Waals surface area contributed by atoms with Gasteiger partial charge in [0.15, 0.2) is 5.69 Å². The molecule has 0 aliphatic heterocycles. The van der Waals surface area contributed by atoms with Gasteiger partial charge < -0.3 is 5.11 Å². The van der Waals surface area contributed by atoms with Crippen molar-refractivity contribution >= 4 is 11.7 Å². The number of hydrogen-bond acceptors (Lipinski definition) is 4. The molecule has 7 heteroatoms. The molecule has 1 aromatic heterocycles. The lowest BCUT2D eigenvalue weighted by atomic mass is 10.2. The molecular formula is C10H7N3O4. The predicted molar refractivity (Wildman–Crippen MR) is 57.2 cm³/mol. The number of carboxylic acid groups (broad SMARTS) is 1. The smallest absolute Gasteiger partial charge is 0.354 e. The van der Waals surface area contributed by atoms with E-state index in [1.54, 1.807) is 6.07 Å². The highest BCUT2D eigenvalue weighted by atomic mass is 16.6. The highest BCUT2D eigenvalue weighted by Gasteiger charge is 2.18. The van der Waals surface area contributed by atoms with Gasteiger partial charge in [0.2, 0.25) is 0 Å². The SMILES string of the molecule is O=C(O)c1cncn1-c1ccccc1[N+](=O)[O-]. The molecule has 17 heavy (non-hydrogen) atoms. The highest BCUT2D eigenvalue weighted by molar-refractivity contribution is 5.86. The number of carboxylic acids is 1. The minimum atomic E-state index is -1.19. The summed E-state index contributed by atoms with van der Waals surface area (Å²) >= 11 is 0. The summed E-state index contributed by atoms with van der Waals surface area (Å²) in [5, 5.41) is 19.7. The maximum Gasteiger partial charge on any atom is 0.354 e. The summed E-state index contributed by atoms with van der Waals surface area (Å²) in [5.74, 6) is -1.19. The van der Waals surface area contributed by atoms with Crippen molar-refractivity contribution in [2.75, 3.05) is 0 Å². The van der Waals surface area contributed by atoms with Gasteiger partial charge in [0.1, 0.15) is 12.0 Å². The Bertz CT molecular complexity index is 591. The Balaban J connectivity index is 2.64. The van der Waals surface area contributed by atoms with Gasteiger partial charge in [0.05, 0.1) is 11.1 Å². The van der Waals surface area contributed by atoms with Crippen LogP contribution < -0.4 is 0 Å². The highest BCUT2D eigenvalue weighted by Crippen LogP contribution is 2.23. The number of para-hydroxylation sites is 2. The number of nitro benzene ring substituents is 1. The van der Waals surface area contributed by atoms with Crippen molar-refractivity contribution in [3.63, 3.8) is 0 Å². The Kier molecular flexibility index (Phi) is 2.57. The number of hydrogen-bond donors (Lipinski definition) is 1. The summed E-state index contributed by atoms with van der Waals surface area (Å²) in [6.07, 6.45) is 2.37. The number of aromatic nitrogens is 2. The first kappa shape index (κ1) is 10.8. The van der Waals surface area contributed by atoms with E-state index in [-0.39, 0.29) is 17.1 Å². The third-order valence-electron chi connectivity index (χ3n) is 2.20. The Morgan fingerprint density at radius 2 is 2.12 bits per heavy atom. The summed E-state index contributed by atoms with van der Waals surface area (Å²) in [4.78, 5) is 24.8. The van der Waals surface area contributed by atoms with Gasteiger partial charge in [-0.25, -0.2) is 9.78 Å². The Labute approximate surface area is 95.1 Å². The van der Waals surface area contributed by atoms with Gasteiger partial charge in [-0.2, -0.15) is 0 Å². The average molecular weight is 233 g/mol. The molecule has 0 unspecified atom stereocenters. The van der Waals surface area contributed by atoms with Crippen molar-refractivity contribution in [2.45, 2.75) is 0 Å². The minimum Gasteiger partial charge on any atom is -0.477 e. The second kappa shape index (κ2) is 4.05. The number of imidazole rings is 1. The van der Waals surface area contributed by atoms with Gasteiger partial charge in [-0.1, -0.05) is 12.1 Å². The number of nitro groups is 1. The molecule has 1 aromatic carbocycles. The van der Waals surface area contributed by atoms with E-state index in [0.29, 0.717) is 0 Å². The molecular weight excluding hydrogens is 226 g/mol. The Morgan fingerprint density at radius 1 is 1.41 bits per heavy atom. The summed E-state index contributed by atoms with van der Waals surface area (Å²) in [6.45, 7) is 0. The molecule has 7 nitrogen and oxygen atoms in total. The normalized spacial score (nSPS) is 10.1. The fourth-order valence-electron chi connectivity index (χ4n) is 1.47. The molecule has 1 N–H and O–H groups in total. The molecule has 0 atom stereocenters. The summed E-state index contributed by atoms with van der Waals surface area (Å²) in [6, 6.07) is 5.88. The van der Waals surface area contributed by atoms with Gasteiger partial charge >= 0.3 is 5.97 Å². The molecule has 0 radical (unpaired) electrons. The zero-order chi connectivity index (χ0) is 12.4. The van der Waals surface area contributed by atoms with E-state index in [4.69, 9.17) is 5.11 Å². The largest absolute Gasteiger partial charge is 0.477 e. The minimum absolute atomic E-state index is 0.126. The second-order valence-corrected chi connectivity index (χ2v) is 3.20. The van der Waals surface area contributed by atoms with Crippen molar-refractivity contribution in [2.24, 2.45) is 0 Å². The van der Waals surface area contributed by atoms with E-state index < -0.39 is 10.9 Å². The van der Waals surface area contributed by atoms with E-state index in [0.717, 1.165) is 6.20 Å². The molecule has 0 saturated heterocycles. The van der Waals surface area contributed by atoms with Gasteiger partial charge in [-0.15, -0.1) is 0 Å². The molecule has 2 aromatic rings. The molecule has 0 aliphatic rings. The molecule has 86 valence electrons. The summed E-state index contributed by atoms with van der Waals surface area (Å²) in [5.41, 5.74) is -0.125. The van der Waals surface area contributed by atoms with Crippen molar-refractivity contribution in [3.8, 4) is 5.69 Å². The van der Waals surface area contributed by atoms with E-state index in [1.165, 1.54) is 29.1 Å². The van der Waals surface area contributed by atoms with Crippen LogP contribution in [0, 0.1) is 10.1 Å². The van der Waals surface area contributed by atoms with Gasteiger partial charge in [0, 0.05) is 6.07 Å². The lowest BCUT2D eigenvalue weighted by Gasteiger charge is -2.05. The standard InChI is InChI=1S/C10H7N3O4/c14-10(15)9-5-11-6-12(9)7-3-1-2-4-8(7)13(16)17/h1-6H,(H,14,15). The Hall–Kier alpha value is -2.70. The van der Waals surface area contributed by atoms with E-state index in [2.05, 4.69) is 4.98 Å². The predicted octanol–water partition coefficient (Wildman–Crippen LogP) is 1.48. The van der Waals surface area contributed by atoms with Crippen LogP contribution in [-0.2, 0) is 0 Å². The summed E-state index contributed by atoms with van der Waals surface area (Å²) in [7, 11) is 0. The quantitative estimate of drug-likeness (QED) is 0.639. The van der Waals surface area contributed by atoms with Crippen LogP contribution in [0.15, 0.2) is 36.8 Å². The topological polar surface area (TPSA) is 98.3 Å². The maximum atomic E-state index is 10.9. The number of aromatic carboxylic acids is 1. The first-order valence-corrected chi connectivity index (χ1v) is 4.60. The van der Waals surface area contributed by atoms with Gasteiger partial charge in [-0.05, 0) is 6.07 Å². The van der Waals surface area contributed by atoms with Crippen LogP contribution >= 0.6 is 0 Å². The second-order valence-electron chi connectivity index (χ2n) is 3.20. The zero-order valence-corrected chi connectivity index (χ0v) is 8.48. The number of nitrogens with zero attached hydrogens (tertiary/aromatic N) is 3. The third kappa shape index (κ3) is 1.85. The van der Waals surface area contributed by atoms with Crippen LogP contribution in [0.1, 0.15) is 10.5 Å². The summed E-state index contributed by atoms with van der Waals surface area (Å²) < 4.78 is 1.17. The number of carbonyl (C=O) groups is 1. The van der Waals surface area contributed by atoms with E-state index in [1.807, 2.05) is 0 Å². The van der Waals surface area contributed by atoms with Gasteiger partial charge in [0.25, 0.3) is 5.69 Å². The van der Waals surface area contributed by atoms with Crippen molar-refractivity contribution in [1.29, 1.82) is 0 Å². The number of rotatable bonds is 3. The third-order valence-corrected chi connectivity index (χ3v) is 2.20. The molecule has 0 bridgehead atoms. The van der Waals surface area contributed by atoms with Crippen molar-refractivity contribution in [1.82, 2.24) is 9.55 Å². The molecule has 1 heterocycles. The zero-order valence-electron chi connectivity index (χ0n) is 8.48. The maximum absolute atomic E-state index is 10.9. The lowest BCUT2D eigenvalue weighted by Crippen LogP contribution is -2.07. The molecule has 2 rings (SSSR count). The van der Waals surface area contributed by atoms with Crippen LogP contribution in [-0.4, -0.2) is 25.6 Å². The molecule has 0 aliphatic carbocycles. The number of benzene rings is 1. The molecule has 0 saturated carbocycles. The van der Waals surface area contributed by atoms with Crippen LogP contribution in [0.3, 0.4) is 0 Å². The first-order valence-electron chi connectivity index (χ1n) is 4.60. The van der Waals surface area contributed by atoms with Crippen LogP contribution in [0.2, 0.25) is 0 Å². The first-order chi connectivity index (χ1) is 8.11. The average Bonchev–Trinajstić information content (AvgIpc) is 2.77. The monoisotopic (exact) mass is 233 g/mol. The van der Waals surface area contributed by atoms with Crippen LogP contribution in [0.4, 0.5) is 5.69 Å². The van der Waals surface area contributed by atoms with Crippen LogP contribution in [0.5, 0.6) is 0 Å². The van der Waals surface area contributed by atoms with Crippen molar-refractivity contribution in [3.05, 3.63) is 52.6 Å².